The Morgan fingerprint density at radius 1 is 0.741 bits per heavy atom. The first-order valence-corrected chi connectivity index (χ1v) is 8.67. The number of nitrogens with zero attached hydrogens (tertiary/aromatic N) is 1. The average molecular weight is 355 g/mol. The molecule has 134 valence electrons. The fourth-order valence-corrected chi connectivity index (χ4v) is 3.04. The van der Waals surface area contributed by atoms with E-state index in [-0.39, 0.29) is 0 Å². The largest absolute Gasteiger partial charge is 0.493 e. The molecular formula is C24H21NO2. The molecule has 0 aliphatic heterocycles. The third kappa shape index (κ3) is 3.86. The summed E-state index contributed by atoms with van der Waals surface area (Å²) in [4.78, 5) is 0. The van der Waals surface area contributed by atoms with Gasteiger partial charge in [-0.25, -0.2) is 0 Å². The molecule has 3 aromatic rings. The molecular weight excluding hydrogens is 334 g/mol. The van der Waals surface area contributed by atoms with Crippen LogP contribution in [0.5, 0.6) is 11.5 Å². The van der Waals surface area contributed by atoms with Crippen LogP contribution in [-0.4, -0.2) is 14.2 Å². The molecule has 0 bridgehead atoms. The van der Waals surface area contributed by atoms with Crippen LogP contribution in [0, 0.1) is 18.3 Å². The van der Waals surface area contributed by atoms with Gasteiger partial charge in [0.05, 0.1) is 19.8 Å². The van der Waals surface area contributed by atoms with Crippen LogP contribution in [0.15, 0.2) is 72.8 Å². The molecule has 0 radical (unpaired) electrons. The molecule has 27 heavy (non-hydrogen) atoms. The molecule has 3 nitrogen and oxygen atoms in total. The van der Waals surface area contributed by atoms with E-state index in [1.54, 1.807) is 14.2 Å². The second kappa shape index (κ2) is 8.25. The van der Waals surface area contributed by atoms with E-state index in [0.29, 0.717) is 17.1 Å². The van der Waals surface area contributed by atoms with Crippen LogP contribution in [0.25, 0.3) is 11.1 Å². The summed E-state index contributed by atoms with van der Waals surface area (Å²) in [7, 11) is 3.22. The highest BCUT2D eigenvalue weighted by Crippen LogP contribution is 2.36. The molecule has 0 heterocycles. The Balaban J connectivity index is 2.29. The highest BCUT2D eigenvalue weighted by atomic mass is 16.5. The number of rotatable bonds is 5. The van der Waals surface area contributed by atoms with Crippen molar-refractivity contribution in [3.05, 3.63) is 95.1 Å². The van der Waals surface area contributed by atoms with Crippen molar-refractivity contribution in [1.29, 1.82) is 5.26 Å². The minimum Gasteiger partial charge on any atom is -0.493 e. The Kier molecular flexibility index (Phi) is 5.58. The number of methoxy groups -OCH3 is 2. The Morgan fingerprint density at radius 3 is 1.96 bits per heavy atom. The van der Waals surface area contributed by atoms with Crippen molar-refractivity contribution in [1.82, 2.24) is 0 Å². The molecule has 0 atom stereocenters. The van der Waals surface area contributed by atoms with Gasteiger partial charge in [-0.1, -0.05) is 66.2 Å². The second-order valence-electron chi connectivity index (χ2n) is 6.16. The SMILES string of the molecule is COc1ccc(/C(=C(\C#N)c2ccc(C)cc2)c2ccccc2)cc1OC. The van der Waals surface area contributed by atoms with E-state index >= 15 is 0 Å². The third-order valence-corrected chi connectivity index (χ3v) is 4.44. The summed E-state index contributed by atoms with van der Waals surface area (Å²) < 4.78 is 10.8. The third-order valence-electron chi connectivity index (χ3n) is 4.44. The molecule has 0 unspecified atom stereocenters. The summed E-state index contributed by atoms with van der Waals surface area (Å²) in [6.45, 7) is 2.03. The number of ether oxygens (including phenoxy) is 2. The van der Waals surface area contributed by atoms with Gasteiger partial charge in [0.25, 0.3) is 0 Å². The smallest absolute Gasteiger partial charge is 0.161 e. The summed E-state index contributed by atoms with van der Waals surface area (Å²) in [6.07, 6.45) is 0. The maximum absolute atomic E-state index is 10.0. The molecule has 3 aromatic carbocycles. The summed E-state index contributed by atoms with van der Waals surface area (Å²) in [5.74, 6) is 1.28. The minimum absolute atomic E-state index is 0.619. The summed E-state index contributed by atoms with van der Waals surface area (Å²) in [5, 5.41) is 10.0. The summed E-state index contributed by atoms with van der Waals surface area (Å²) >= 11 is 0. The number of hydrogen-bond donors (Lipinski definition) is 0. The average Bonchev–Trinajstić information content (AvgIpc) is 2.73. The molecule has 0 aromatic heterocycles. The van der Waals surface area contributed by atoms with E-state index in [4.69, 9.17) is 9.47 Å². The van der Waals surface area contributed by atoms with Gasteiger partial charge in [-0.15, -0.1) is 0 Å². The lowest BCUT2D eigenvalue weighted by Crippen LogP contribution is -1.97. The van der Waals surface area contributed by atoms with Gasteiger partial charge in [-0.2, -0.15) is 5.26 Å². The van der Waals surface area contributed by atoms with Crippen LogP contribution in [0.4, 0.5) is 0 Å². The zero-order valence-corrected chi connectivity index (χ0v) is 15.7. The quantitative estimate of drug-likeness (QED) is 0.448. The van der Waals surface area contributed by atoms with Crippen LogP contribution >= 0.6 is 0 Å². The molecule has 0 spiro atoms. The zero-order valence-electron chi connectivity index (χ0n) is 15.7. The topological polar surface area (TPSA) is 42.2 Å². The maximum atomic E-state index is 10.0. The Bertz CT molecular complexity index is 997. The normalized spacial score (nSPS) is 11.3. The summed E-state index contributed by atoms with van der Waals surface area (Å²) in [5.41, 5.74) is 5.40. The van der Waals surface area contributed by atoms with Gasteiger partial charge < -0.3 is 9.47 Å². The van der Waals surface area contributed by atoms with Crippen molar-refractivity contribution in [2.75, 3.05) is 14.2 Å². The van der Waals surface area contributed by atoms with Crippen molar-refractivity contribution >= 4 is 11.1 Å². The molecule has 0 amide bonds. The monoisotopic (exact) mass is 355 g/mol. The number of hydrogen-bond acceptors (Lipinski definition) is 3. The van der Waals surface area contributed by atoms with Crippen LogP contribution < -0.4 is 9.47 Å². The molecule has 0 saturated heterocycles. The second-order valence-corrected chi connectivity index (χ2v) is 6.16. The van der Waals surface area contributed by atoms with E-state index in [9.17, 15) is 5.26 Å². The number of allylic oxidation sites excluding steroid dienone is 1. The van der Waals surface area contributed by atoms with Crippen LogP contribution in [0.3, 0.4) is 0 Å². The molecule has 0 aliphatic carbocycles. The first kappa shape index (κ1) is 18.3. The molecule has 0 N–H and O–H groups in total. The van der Waals surface area contributed by atoms with Crippen molar-refractivity contribution in [2.24, 2.45) is 0 Å². The van der Waals surface area contributed by atoms with Gasteiger partial charge in [-0.05, 0) is 35.7 Å². The van der Waals surface area contributed by atoms with Crippen molar-refractivity contribution < 1.29 is 9.47 Å². The van der Waals surface area contributed by atoms with E-state index in [0.717, 1.165) is 27.8 Å². The van der Waals surface area contributed by atoms with Gasteiger partial charge in [-0.3, -0.25) is 0 Å². The first-order chi connectivity index (χ1) is 13.2. The lowest BCUT2D eigenvalue weighted by molar-refractivity contribution is 0.355. The van der Waals surface area contributed by atoms with Crippen LogP contribution in [0.1, 0.15) is 22.3 Å². The van der Waals surface area contributed by atoms with E-state index < -0.39 is 0 Å². The van der Waals surface area contributed by atoms with Gasteiger partial charge in [0, 0.05) is 5.57 Å². The van der Waals surface area contributed by atoms with Gasteiger partial charge in [0.1, 0.15) is 6.07 Å². The molecule has 0 fully saturated rings. The number of aryl methyl sites for hydroxylation is 1. The van der Waals surface area contributed by atoms with E-state index in [1.165, 1.54) is 0 Å². The fraction of sp³-hybridized carbons (Fsp3) is 0.125. The van der Waals surface area contributed by atoms with Crippen molar-refractivity contribution in [2.45, 2.75) is 6.92 Å². The molecule has 0 aliphatic rings. The lowest BCUT2D eigenvalue weighted by Gasteiger charge is -2.15. The molecule has 3 heteroatoms. The zero-order chi connectivity index (χ0) is 19.2. The predicted molar refractivity (Wildman–Crippen MR) is 109 cm³/mol. The van der Waals surface area contributed by atoms with Gasteiger partial charge in [0.15, 0.2) is 11.5 Å². The number of benzene rings is 3. The van der Waals surface area contributed by atoms with E-state index in [2.05, 4.69) is 6.07 Å². The number of nitriles is 1. The van der Waals surface area contributed by atoms with Crippen molar-refractivity contribution in [3.8, 4) is 17.6 Å². The Morgan fingerprint density at radius 2 is 1.37 bits per heavy atom. The maximum Gasteiger partial charge on any atom is 0.161 e. The molecule has 3 rings (SSSR count). The fourth-order valence-electron chi connectivity index (χ4n) is 3.04. The summed E-state index contributed by atoms with van der Waals surface area (Å²) in [6, 6.07) is 26.1. The van der Waals surface area contributed by atoms with E-state index in [1.807, 2.05) is 79.7 Å². The standard InChI is InChI=1S/C24H21NO2/c1-17-9-11-18(12-10-17)21(16-25)24(19-7-5-4-6-8-19)20-13-14-22(26-2)23(15-20)27-3/h4-15H,1-3H3/b24-21+. The van der Waals surface area contributed by atoms with Crippen LogP contribution in [0.2, 0.25) is 0 Å². The highest BCUT2D eigenvalue weighted by Gasteiger charge is 2.16. The molecule has 0 saturated carbocycles. The lowest BCUT2D eigenvalue weighted by atomic mass is 9.89. The van der Waals surface area contributed by atoms with Crippen molar-refractivity contribution in [3.63, 3.8) is 0 Å². The Hall–Kier alpha value is -3.51. The highest BCUT2D eigenvalue weighted by molar-refractivity contribution is 6.03. The van der Waals surface area contributed by atoms with Gasteiger partial charge in [0.2, 0.25) is 0 Å². The predicted octanol–water partition coefficient (Wildman–Crippen LogP) is 5.49. The minimum atomic E-state index is 0.619. The van der Waals surface area contributed by atoms with Crippen LogP contribution in [-0.2, 0) is 0 Å². The first-order valence-electron chi connectivity index (χ1n) is 8.67. The Labute approximate surface area is 160 Å². The van der Waals surface area contributed by atoms with Gasteiger partial charge >= 0.3 is 0 Å².